The summed E-state index contributed by atoms with van der Waals surface area (Å²) in [6, 6.07) is 11.3. The Morgan fingerprint density at radius 3 is 2.50 bits per heavy atom. The average molecular weight is 325 g/mol. The van der Waals surface area contributed by atoms with Crippen LogP contribution in [0, 0.1) is 12.8 Å². The second-order valence-corrected chi connectivity index (χ2v) is 6.11. The van der Waals surface area contributed by atoms with Crippen LogP contribution in [0.4, 0.5) is 0 Å². The number of benzene rings is 2. The first-order valence-corrected chi connectivity index (χ1v) is 7.84. The molecule has 2 aromatic carbocycles. The van der Waals surface area contributed by atoms with E-state index in [1.165, 1.54) is 0 Å². The summed E-state index contributed by atoms with van der Waals surface area (Å²) < 4.78 is 5.86. The van der Waals surface area contributed by atoms with E-state index in [2.05, 4.69) is 5.32 Å². The van der Waals surface area contributed by atoms with Crippen LogP contribution in [0.15, 0.2) is 40.8 Å². The Morgan fingerprint density at radius 1 is 1.08 bits per heavy atom. The largest absolute Gasteiger partial charge is 0.481 e. The zero-order chi connectivity index (χ0) is 17.4. The van der Waals surface area contributed by atoms with Gasteiger partial charge in [-0.05, 0) is 26.2 Å². The Hall–Kier alpha value is -2.82. The number of amides is 1. The third-order valence-corrected chi connectivity index (χ3v) is 4.53. The van der Waals surface area contributed by atoms with E-state index in [0.717, 1.165) is 21.7 Å². The van der Waals surface area contributed by atoms with E-state index in [1.54, 1.807) is 13.8 Å². The van der Waals surface area contributed by atoms with Gasteiger partial charge in [0.15, 0.2) is 5.76 Å². The van der Waals surface area contributed by atoms with Crippen LogP contribution in [0.1, 0.15) is 30.0 Å². The fourth-order valence-electron chi connectivity index (χ4n) is 2.78. The van der Waals surface area contributed by atoms with Crippen LogP contribution in [0.25, 0.3) is 21.7 Å². The van der Waals surface area contributed by atoms with E-state index in [1.807, 2.05) is 43.3 Å². The molecule has 124 valence electrons. The number of carboxylic acids is 1. The van der Waals surface area contributed by atoms with E-state index in [4.69, 9.17) is 9.52 Å². The molecule has 0 radical (unpaired) electrons. The van der Waals surface area contributed by atoms with Gasteiger partial charge in [-0.15, -0.1) is 0 Å². The quantitative estimate of drug-likeness (QED) is 0.766. The maximum atomic E-state index is 12.5. The summed E-state index contributed by atoms with van der Waals surface area (Å²) in [5, 5.41) is 14.6. The topological polar surface area (TPSA) is 79.5 Å². The molecule has 24 heavy (non-hydrogen) atoms. The van der Waals surface area contributed by atoms with Gasteiger partial charge in [0.05, 0.1) is 5.92 Å². The SMILES string of the molecule is Cc1c(C(=O)NC(C)C(C)C(=O)O)oc2c1ccc1ccccc12. The molecule has 0 fully saturated rings. The molecule has 0 spiro atoms. The number of carboxylic acid groups (broad SMARTS) is 1. The van der Waals surface area contributed by atoms with Crippen molar-refractivity contribution in [3.63, 3.8) is 0 Å². The van der Waals surface area contributed by atoms with Crippen LogP contribution in [0.5, 0.6) is 0 Å². The number of carbonyl (C=O) groups excluding carboxylic acids is 1. The Balaban J connectivity index is 2.01. The number of fused-ring (bicyclic) bond motifs is 3. The van der Waals surface area contributed by atoms with Gasteiger partial charge >= 0.3 is 5.97 Å². The fraction of sp³-hybridized carbons (Fsp3) is 0.263. The minimum absolute atomic E-state index is 0.228. The van der Waals surface area contributed by atoms with E-state index in [-0.39, 0.29) is 5.76 Å². The lowest BCUT2D eigenvalue weighted by Gasteiger charge is -2.17. The van der Waals surface area contributed by atoms with Crippen molar-refractivity contribution in [1.82, 2.24) is 5.32 Å². The van der Waals surface area contributed by atoms with Gasteiger partial charge in [0.1, 0.15) is 5.58 Å². The zero-order valence-electron chi connectivity index (χ0n) is 13.8. The third kappa shape index (κ3) is 2.62. The minimum Gasteiger partial charge on any atom is -0.481 e. The van der Waals surface area contributed by atoms with Crippen LogP contribution in [0.2, 0.25) is 0 Å². The van der Waals surface area contributed by atoms with Gasteiger partial charge in [0.2, 0.25) is 0 Å². The zero-order valence-corrected chi connectivity index (χ0v) is 13.8. The normalized spacial score (nSPS) is 13.8. The van der Waals surface area contributed by atoms with E-state index >= 15 is 0 Å². The van der Waals surface area contributed by atoms with Crippen LogP contribution in [-0.4, -0.2) is 23.0 Å². The standard InChI is InChI=1S/C19H19NO4/c1-10(19(22)23)12(3)20-18(21)16-11(2)14-9-8-13-6-4-5-7-15(13)17(14)24-16/h4-10,12H,1-3H3,(H,20,21)(H,22,23). The highest BCUT2D eigenvalue weighted by molar-refractivity contribution is 6.08. The predicted octanol–water partition coefficient (Wildman–Crippen LogP) is 3.73. The molecule has 3 rings (SSSR count). The van der Waals surface area contributed by atoms with Crippen molar-refractivity contribution in [3.8, 4) is 0 Å². The van der Waals surface area contributed by atoms with Crippen molar-refractivity contribution in [2.45, 2.75) is 26.8 Å². The molecule has 2 atom stereocenters. The molecule has 1 aromatic heterocycles. The first-order valence-electron chi connectivity index (χ1n) is 7.84. The van der Waals surface area contributed by atoms with Crippen LogP contribution in [0.3, 0.4) is 0 Å². The Morgan fingerprint density at radius 2 is 1.79 bits per heavy atom. The van der Waals surface area contributed by atoms with Gasteiger partial charge in [-0.2, -0.15) is 0 Å². The number of rotatable bonds is 4. The van der Waals surface area contributed by atoms with Crippen molar-refractivity contribution in [2.75, 3.05) is 0 Å². The number of carbonyl (C=O) groups is 2. The fourth-order valence-corrected chi connectivity index (χ4v) is 2.78. The first-order chi connectivity index (χ1) is 11.4. The molecule has 3 aromatic rings. The lowest BCUT2D eigenvalue weighted by Crippen LogP contribution is -2.40. The molecule has 0 saturated carbocycles. The number of aryl methyl sites for hydroxylation is 1. The number of hydrogen-bond acceptors (Lipinski definition) is 3. The molecule has 5 heteroatoms. The third-order valence-electron chi connectivity index (χ3n) is 4.53. The Kier molecular flexibility index (Phi) is 4.01. The second-order valence-electron chi connectivity index (χ2n) is 6.11. The van der Waals surface area contributed by atoms with Gasteiger partial charge < -0.3 is 14.8 Å². The minimum atomic E-state index is -0.949. The first kappa shape index (κ1) is 16.1. The van der Waals surface area contributed by atoms with Crippen molar-refractivity contribution >= 4 is 33.6 Å². The molecule has 2 N–H and O–H groups in total. The van der Waals surface area contributed by atoms with E-state index in [0.29, 0.717) is 5.58 Å². The predicted molar refractivity (Wildman–Crippen MR) is 92.2 cm³/mol. The number of hydrogen-bond donors (Lipinski definition) is 2. The molecule has 0 bridgehead atoms. The maximum Gasteiger partial charge on any atom is 0.308 e. The summed E-state index contributed by atoms with van der Waals surface area (Å²) in [5.74, 6) is -1.80. The van der Waals surface area contributed by atoms with Crippen molar-refractivity contribution in [2.24, 2.45) is 5.92 Å². The molecule has 1 heterocycles. The van der Waals surface area contributed by atoms with Crippen molar-refractivity contribution < 1.29 is 19.1 Å². The number of nitrogens with one attached hydrogen (secondary N) is 1. The molecule has 0 aliphatic rings. The average Bonchev–Trinajstić information content (AvgIpc) is 2.91. The molecule has 2 unspecified atom stereocenters. The summed E-state index contributed by atoms with van der Waals surface area (Å²) in [6.07, 6.45) is 0. The lowest BCUT2D eigenvalue weighted by atomic mass is 10.0. The van der Waals surface area contributed by atoms with Crippen molar-refractivity contribution in [3.05, 3.63) is 47.7 Å². The van der Waals surface area contributed by atoms with Gasteiger partial charge in [0.25, 0.3) is 5.91 Å². The Labute approximate surface area is 139 Å². The lowest BCUT2D eigenvalue weighted by molar-refractivity contribution is -0.141. The summed E-state index contributed by atoms with van der Waals surface area (Å²) in [5.41, 5.74) is 1.43. The highest BCUT2D eigenvalue weighted by atomic mass is 16.4. The van der Waals surface area contributed by atoms with Gasteiger partial charge in [-0.25, -0.2) is 0 Å². The van der Waals surface area contributed by atoms with Gasteiger partial charge in [0, 0.05) is 22.4 Å². The Bertz CT molecular complexity index is 941. The summed E-state index contributed by atoms with van der Waals surface area (Å²) in [7, 11) is 0. The molecular weight excluding hydrogens is 306 g/mol. The van der Waals surface area contributed by atoms with Crippen LogP contribution < -0.4 is 5.32 Å². The highest BCUT2D eigenvalue weighted by Gasteiger charge is 2.25. The van der Waals surface area contributed by atoms with Crippen molar-refractivity contribution in [1.29, 1.82) is 0 Å². The van der Waals surface area contributed by atoms with E-state index < -0.39 is 23.8 Å². The maximum absolute atomic E-state index is 12.5. The number of aliphatic carboxylic acids is 1. The second kappa shape index (κ2) is 6.00. The summed E-state index contributed by atoms with van der Waals surface area (Å²) in [6.45, 7) is 5.07. The molecule has 0 aliphatic heterocycles. The van der Waals surface area contributed by atoms with E-state index in [9.17, 15) is 9.59 Å². The van der Waals surface area contributed by atoms with Gasteiger partial charge in [-0.1, -0.05) is 36.4 Å². The smallest absolute Gasteiger partial charge is 0.308 e. The monoisotopic (exact) mass is 325 g/mol. The van der Waals surface area contributed by atoms with Crippen LogP contribution in [-0.2, 0) is 4.79 Å². The number of furan rings is 1. The van der Waals surface area contributed by atoms with Gasteiger partial charge in [-0.3, -0.25) is 9.59 Å². The molecule has 0 aliphatic carbocycles. The molecule has 5 nitrogen and oxygen atoms in total. The highest BCUT2D eigenvalue weighted by Crippen LogP contribution is 2.31. The summed E-state index contributed by atoms with van der Waals surface area (Å²) >= 11 is 0. The molecule has 0 saturated heterocycles. The van der Waals surface area contributed by atoms with Crippen LogP contribution >= 0.6 is 0 Å². The molecular formula is C19H19NO4. The summed E-state index contributed by atoms with van der Waals surface area (Å²) in [4.78, 5) is 23.5. The molecule has 1 amide bonds.